The molecule has 1 unspecified atom stereocenters. The number of likely N-dealkylation sites (tertiary alicyclic amines) is 1. The van der Waals surface area contributed by atoms with Crippen LogP contribution in [0.2, 0.25) is 0 Å². The van der Waals surface area contributed by atoms with Crippen LogP contribution in [0.3, 0.4) is 0 Å². The quantitative estimate of drug-likeness (QED) is 0.265. The Morgan fingerprint density at radius 1 is 1.36 bits per heavy atom. The summed E-state index contributed by atoms with van der Waals surface area (Å²) >= 11 is 0. The zero-order valence-electron chi connectivity index (χ0n) is 16.8. The number of halogens is 2. The van der Waals surface area contributed by atoms with Crippen molar-refractivity contribution in [2.45, 2.75) is 39.7 Å². The molecule has 0 aliphatic carbocycles. The summed E-state index contributed by atoms with van der Waals surface area (Å²) in [6, 6.07) is 6.11. The first kappa shape index (κ1) is 24.5. The minimum atomic E-state index is -0.319. The number of guanidine groups is 1. The van der Waals surface area contributed by atoms with Crippen LogP contribution in [-0.4, -0.2) is 55.7 Å². The number of carbonyl (C=O) groups excluding carboxylic acids is 1. The molecule has 158 valence electrons. The number of carbonyl (C=O) groups is 1. The molecule has 1 N–H and O–H groups in total. The number of rotatable bonds is 7. The van der Waals surface area contributed by atoms with E-state index in [0.29, 0.717) is 18.9 Å². The van der Waals surface area contributed by atoms with Crippen LogP contribution in [0.5, 0.6) is 5.75 Å². The lowest BCUT2D eigenvalue weighted by molar-refractivity contribution is -0.149. The summed E-state index contributed by atoms with van der Waals surface area (Å²) in [6.07, 6.45) is 1.34. The minimum absolute atomic E-state index is 0. The molecular weight excluding hydrogens is 476 g/mol. The van der Waals surface area contributed by atoms with Crippen LogP contribution >= 0.6 is 24.0 Å². The number of ether oxygens (including phenoxy) is 2. The van der Waals surface area contributed by atoms with Gasteiger partial charge in [0, 0.05) is 25.7 Å². The number of nitrogens with zero attached hydrogens (tertiary/aromatic N) is 2. The van der Waals surface area contributed by atoms with E-state index in [1.54, 1.807) is 12.1 Å². The predicted molar refractivity (Wildman–Crippen MR) is 119 cm³/mol. The molecule has 0 spiro atoms. The molecule has 28 heavy (non-hydrogen) atoms. The second-order valence-corrected chi connectivity index (χ2v) is 6.59. The Hall–Kier alpha value is -1.58. The fourth-order valence-corrected chi connectivity index (χ4v) is 3.04. The lowest BCUT2D eigenvalue weighted by Crippen LogP contribution is -2.47. The van der Waals surface area contributed by atoms with Gasteiger partial charge in [0.05, 0.1) is 19.1 Å². The summed E-state index contributed by atoms with van der Waals surface area (Å²) in [5, 5.41) is 3.29. The van der Waals surface area contributed by atoms with Gasteiger partial charge in [-0.25, -0.2) is 9.38 Å². The van der Waals surface area contributed by atoms with Crippen molar-refractivity contribution >= 4 is 35.9 Å². The van der Waals surface area contributed by atoms with Gasteiger partial charge < -0.3 is 19.7 Å². The Balaban J connectivity index is 0.00000392. The summed E-state index contributed by atoms with van der Waals surface area (Å²) in [7, 11) is 0. The van der Waals surface area contributed by atoms with Crippen LogP contribution in [0.25, 0.3) is 0 Å². The number of hydrogen-bond donors (Lipinski definition) is 1. The smallest absolute Gasteiger partial charge is 0.309 e. The summed E-state index contributed by atoms with van der Waals surface area (Å²) in [5.41, 5.74) is 0. The number of esters is 1. The molecule has 0 aromatic heterocycles. The van der Waals surface area contributed by atoms with Gasteiger partial charge >= 0.3 is 5.97 Å². The van der Waals surface area contributed by atoms with Crippen molar-refractivity contribution < 1.29 is 18.7 Å². The average molecular weight is 507 g/mol. The lowest BCUT2D eigenvalue weighted by Gasteiger charge is -2.33. The zero-order chi connectivity index (χ0) is 19.6. The standard InChI is InChI=1S/C20H30FN3O3.HI/c1-4-22-20(24-11-9-16(10-12-24)19(25)26-5-2)23-14-15(3)27-18-8-6-7-17(21)13-18;/h6-8,13,15-16H,4-5,9-12,14H2,1-3H3,(H,22,23);1H. The molecule has 0 radical (unpaired) electrons. The summed E-state index contributed by atoms with van der Waals surface area (Å²) in [5.74, 6) is 0.865. The van der Waals surface area contributed by atoms with Crippen LogP contribution < -0.4 is 10.1 Å². The van der Waals surface area contributed by atoms with Gasteiger partial charge in [0.2, 0.25) is 0 Å². The van der Waals surface area contributed by atoms with Crippen molar-refractivity contribution in [3.63, 3.8) is 0 Å². The molecule has 1 fully saturated rings. The second kappa shape index (κ2) is 12.8. The van der Waals surface area contributed by atoms with Crippen molar-refractivity contribution in [3.8, 4) is 5.75 Å². The highest BCUT2D eigenvalue weighted by Crippen LogP contribution is 2.19. The third kappa shape index (κ3) is 7.81. The maximum Gasteiger partial charge on any atom is 0.309 e. The number of benzene rings is 1. The van der Waals surface area contributed by atoms with Crippen molar-refractivity contribution in [2.24, 2.45) is 10.9 Å². The molecule has 1 saturated heterocycles. The van der Waals surface area contributed by atoms with Crippen LogP contribution in [0.1, 0.15) is 33.6 Å². The molecule has 6 nitrogen and oxygen atoms in total. The number of aliphatic imine (C=N–C) groups is 1. The van der Waals surface area contributed by atoms with Gasteiger partial charge in [-0.2, -0.15) is 0 Å². The van der Waals surface area contributed by atoms with Crippen LogP contribution in [0.15, 0.2) is 29.3 Å². The van der Waals surface area contributed by atoms with Crippen LogP contribution in [0, 0.1) is 11.7 Å². The van der Waals surface area contributed by atoms with Gasteiger partial charge in [-0.05, 0) is 45.7 Å². The normalized spacial score (nSPS) is 16.1. The van der Waals surface area contributed by atoms with Gasteiger partial charge in [0.25, 0.3) is 0 Å². The van der Waals surface area contributed by atoms with Crippen LogP contribution in [0.4, 0.5) is 4.39 Å². The van der Waals surface area contributed by atoms with Gasteiger partial charge in [0.15, 0.2) is 5.96 Å². The highest BCUT2D eigenvalue weighted by Gasteiger charge is 2.27. The van der Waals surface area contributed by atoms with Crippen molar-refractivity contribution in [3.05, 3.63) is 30.1 Å². The summed E-state index contributed by atoms with van der Waals surface area (Å²) in [4.78, 5) is 18.7. The molecule has 1 aliphatic heterocycles. The van der Waals surface area contributed by atoms with Gasteiger partial charge in [-0.3, -0.25) is 4.79 Å². The van der Waals surface area contributed by atoms with E-state index in [1.807, 2.05) is 20.8 Å². The average Bonchev–Trinajstić information content (AvgIpc) is 2.65. The molecule has 0 amide bonds. The lowest BCUT2D eigenvalue weighted by atomic mass is 9.97. The van der Waals surface area contributed by atoms with Gasteiger partial charge in [-0.15, -0.1) is 24.0 Å². The van der Waals surface area contributed by atoms with Crippen LogP contribution in [-0.2, 0) is 9.53 Å². The number of nitrogens with one attached hydrogen (secondary N) is 1. The molecule has 1 aromatic carbocycles. The van der Waals surface area contributed by atoms with E-state index >= 15 is 0 Å². The molecule has 1 aliphatic rings. The number of piperidine rings is 1. The molecule has 0 saturated carbocycles. The van der Waals surface area contributed by atoms with E-state index in [-0.39, 0.29) is 47.8 Å². The zero-order valence-corrected chi connectivity index (χ0v) is 19.1. The fourth-order valence-electron chi connectivity index (χ4n) is 3.04. The highest BCUT2D eigenvalue weighted by atomic mass is 127. The monoisotopic (exact) mass is 507 g/mol. The van der Waals surface area contributed by atoms with E-state index in [1.165, 1.54) is 12.1 Å². The van der Waals surface area contributed by atoms with Gasteiger partial charge in [-0.1, -0.05) is 6.07 Å². The Kier molecular flexibility index (Phi) is 11.2. The SMILES string of the molecule is CCNC(=NCC(C)Oc1cccc(F)c1)N1CCC(C(=O)OCC)CC1.I. The summed E-state index contributed by atoms with van der Waals surface area (Å²) < 4.78 is 24.1. The summed E-state index contributed by atoms with van der Waals surface area (Å²) in [6.45, 7) is 8.91. The van der Waals surface area contributed by atoms with E-state index in [2.05, 4.69) is 15.2 Å². The first-order valence-corrected chi connectivity index (χ1v) is 9.65. The molecule has 2 rings (SSSR count). The Bertz CT molecular complexity index is 637. The molecule has 1 aromatic rings. The maximum absolute atomic E-state index is 13.3. The molecule has 1 heterocycles. The molecule has 8 heteroatoms. The molecule has 0 bridgehead atoms. The van der Waals surface area contributed by atoms with E-state index in [9.17, 15) is 9.18 Å². The molecule has 1 atom stereocenters. The topological polar surface area (TPSA) is 63.2 Å². The second-order valence-electron chi connectivity index (χ2n) is 6.59. The van der Waals surface area contributed by atoms with E-state index in [0.717, 1.165) is 38.4 Å². The van der Waals surface area contributed by atoms with E-state index < -0.39 is 0 Å². The third-order valence-corrected chi connectivity index (χ3v) is 4.38. The fraction of sp³-hybridized carbons (Fsp3) is 0.600. The van der Waals surface area contributed by atoms with Crippen molar-refractivity contribution in [1.29, 1.82) is 0 Å². The Morgan fingerprint density at radius 2 is 2.07 bits per heavy atom. The number of hydrogen-bond acceptors (Lipinski definition) is 4. The van der Waals surface area contributed by atoms with Crippen molar-refractivity contribution in [1.82, 2.24) is 10.2 Å². The largest absolute Gasteiger partial charge is 0.489 e. The minimum Gasteiger partial charge on any atom is -0.489 e. The maximum atomic E-state index is 13.3. The molecular formula is C20H31FIN3O3. The highest BCUT2D eigenvalue weighted by molar-refractivity contribution is 14.0. The van der Waals surface area contributed by atoms with Gasteiger partial charge in [0.1, 0.15) is 17.7 Å². The van der Waals surface area contributed by atoms with Crippen molar-refractivity contribution in [2.75, 3.05) is 32.8 Å². The Labute approximate surface area is 183 Å². The predicted octanol–water partition coefficient (Wildman–Crippen LogP) is 3.45. The Morgan fingerprint density at radius 3 is 2.68 bits per heavy atom. The third-order valence-electron chi connectivity index (χ3n) is 4.38. The van der Waals surface area contributed by atoms with E-state index in [4.69, 9.17) is 9.47 Å². The first-order chi connectivity index (χ1) is 13.0. The first-order valence-electron chi connectivity index (χ1n) is 9.65.